The van der Waals surface area contributed by atoms with E-state index in [0.717, 1.165) is 12.1 Å². The predicted molar refractivity (Wildman–Crippen MR) is 98.1 cm³/mol. The molecule has 5 nitrogen and oxygen atoms in total. The van der Waals surface area contributed by atoms with Gasteiger partial charge in [0.05, 0.1) is 12.7 Å². The van der Waals surface area contributed by atoms with Gasteiger partial charge in [0.15, 0.2) is 0 Å². The maximum atomic E-state index is 12.5. The standard InChI is InChI=1S/C18H22F3NO4S/c1-17(2,3)26-16(24)22-14(15(23)25-4)11-27-10-9-12-5-7-13(8-6-12)18(19,20)21/h5-10,14H,11H2,1-4H3,(H,22,24)/b10-9-/t14-/m0/s1. The van der Waals surface area contributed by atoms with Crippen LogP contribution in [0.5, 0.6) is 0 Å². The Morgan fingerprint density at radius 1 is 1.19 bits per heavy atom. The maximum absolute atomic E-state index is 12.5. The van der Waals surface area contributed by atoms with Gasteiger partial charge >= 0.3 is 18.2 Å². The molecule has 0 saturated carbocycles. The molecule has 0 bridgehead atoms. The molecule has 1 N–H and O–H groups in total. The number of hydrogen-bond acceptors (Lipinski definition) is 5. The molecule has 1 rings (SSSR count). The van der Waals surface area contributed by atoms with Crippen molar-refractivity contribution in [2.75, 3.05) is 12.9 Å². The summed E-state index contributed by atoms with van der Waals surface area (Å²) >= 11 is 1.20. The summed E-state index contributed by atoms with van der Waals surface area (Å²) in [6.45, 7) is 5.09. The fraction of sp³-hybridized carbons (Fsp3) is 0.444. The molecule has 1 aromatic rings. The summed E-state index contributed by atoms with van der Waals surface area (Å²) in [7, 11) is 1.20. The van der Waals surface area contributed by atoms with Crippen LogP contribution in [-0.2, 0) is 20.4 Å². The highest BCUT2D eigenvalue weighted by atomic mass is 32.2. The van der Waals surface area contributed by atoms with E-state index in [1.54, 1.807) is 32.3 Å². The molecule has 9 heteroatoms. The Morgan fingerprint density at radius 2 is 1.78 bits per heavy atom. The first-order chi connectivity index (χ1) is 12.4. The number of carbonyl (C=O) groups excluding carboxylic acids is 2. The van der Waals surface area contributed by atoms with Crippen LogP contribution in [0.4, 0.5) is 18.0 Å². The second-order valence-electron chi connectivity index (χ2n) is 6.48. The van der Waals surface area contributed by atoms with Crippen molar-refractivity contribution in [2.45, 2.75) is 38.6 Å². The lowest BCUT2D eigenvalue weighted by atomic mass is 10.1. The van der Waals surface area contributed by atoms with Crippen LogP contribution in [0.2, 0.25) is 0 Å². The molecule has 150 valence electrons. The Bertz CT molecular complexity index is 667. The third-order valence-electron chi connectivity index (χ3n) is 3.03. The Kier molecular flexibility index (Phi) is 8.20. The summed E-state index contributed by atoms with van der Waals surface area (Å²) in [5.74, 6) is -0.459. The van der Waals surface area contributed by atoms with Gasteiger partial charge in [-0.05, 0) is 50.0 Å². The summed E-state index contributed by atoms with van der Waals surface area (Å²) in [6, 6.07) is 3.75. The van der Waals surface area contributed by atoms with E-state index >= 15 is 0 Å². The van der Waals surface area contributed by atoms with Crippen LogP contribution in [-0.4, -0.2) is 36.6 Å². The normalized spacial score (nSPS) is 13.3. The third-order valence-corrected chi connectivity index (χ3v) is 3.89. The first kappa shape index (κ1) is 22.9. The van der Waals surface area contributed by atoms with Crippen molar-refractivity contribution in [3.8, 4) is 0 Å². The first-order valence-corrected chi connectivity index (χ1v) is 9.00. The number of thioether (sulfide) groups is 1. The molecule has 1 amide bonds. The van der Waals surface area contributed by atoms with Crippen molar-refractivity contribution in [1.82, 2.24) is 5.32 Å². The summed E-state index contributed by atoms with van der Waals surface area (Å²) in [5, 5.41) is 4.05. The number of carbonyl (C=O) groups is 2. The number of esters is 1. The lowest BCUT2D eigenvalue weighted by Crippen LogP contribution is -2.45. The maximum Gasteiger partial charge on any atom is 0.416 e. The van der Waals surface area contributed by atoms with Crippen LogP contribution >= 0.6 is 11.8 Å². The number of amides is 1. The summed E-state index contributed by atoms with van der Waals surface area (Å²) in [4.78, 5) is 23.6. The molecule has 0 aliphatic rings. The lowest BCUT2D eigenvalue weighted by molar-refractivity contribution is -0.142. The number of methoxy groups -OCH3 is 1. The van der Waals surface area contributed by atoms with E-state index in [0.29, 0.717) is 5.56 Å². The fourth-order valence-corrected chi connectivity index (χ4v) is 2.60. The summed E-state index contributed by atoms with van der Waals surface area (Å²) < 4.78 is 47.3. The van der Waals surface area contributed by atoms with Crippen molar-refractivity contribution >= 4 is 29.9 Å². The van der Waals surface area contributed by atoms with Gasteiger partial charge in [-0.25, -0.2) is 9.59 Å². The van der Waals surface area contributed by atoms with Gasteiger partial charge in [-0.1, -0.05) is 12.1 Å². The zero-order chi connectivity index (χ0) is 20.7. The van der Waals surface area contributed by atoms with E-state index in [2.05, 4.69) is 10.1 Å². The number of alkyl carbamates (subject to hydrolysis) is 1. The monoisotopic (exact) mass is 405 g/mol. The van der Waals surface area contributed by atoms with E-state index in [-0.39, 0.29) is 5.75 Å². The number of ether oxygens (including phenoxy) is 2. The van der Waals surface area contributed by atoms with Gasteiger partial charge in [0.2, 0.25) is 0 Å². The van der Waals surface area contributed by atoms with Crippen molar-refractivity contribution < 1.29 is 32.2 Å². The Balaban J connectivity index is 2.61. The number of benzene rings is 1. The molecule has 0 spiro atoms. The van der Waals surface area contributed by atoms with Crippen molar-refractivity contribution in [1.29, 1.82) is 0 Å². The molecule has 0 unspecified atom stereocenters. The van der Waals surface area contributed by atoms with Crippen LogP contribution in [0.15, 0.2) is 29.7 Å². The molecule has 0 aliphatic carbocycles. The van der Waals surface area contributed by atoms with Gasteiger partial charge < -0.3 is 14.8 Å². The molecule has 1 atom stereocenters. The van der Waals surface area contributed by atoms with Crippen LogP contribution in [0, 0.1) is 0 Å². The van der Waals surface area contributed by atoms with Gasteiger partial charge in [0.1, 0.15) is 11.6 Å². The number of halogens is 3. The lowest BCUT2D eigenvalue weighted by Gasteiger charge is -2.22. The largest absolute Gasteiger partial charge is 0.467 e. The molecule has 0 saturated heterocycles. The molecule has 0 fully saturated rings. The van der Waals surface area contributed by atoms with Crippen LogP contribution in [0.3, 0.4) is 0 Å². The van der Waals surface area contributed by atoms with Gasteiger partial charge in [0.25, 0.3) is 0 Å². The van der Waals surface area contributed by atoms with Crippen LogP contribution in [0.25, 0.3) is 6.08 Å². The van der Waals surface area contributed by atoms with E-state index in [1.165, 1.54) is 31.0 Å². The minimum atomic E-state index is -4.38. The highest BCUT2D eigenvalue weighted by Crippen LogP contribution is 2.29. The SMILES string of the molecule is COC(=O)[C@H](CS/C=C\c1ccc(C(F)(F)F)cc1)NC(=O)OC(C)(C)C. The third kappa shape index (κ3) is 8.85. The number of alkyl halides is 3. The Labute approximate surface area is 160 Å². The predicted octanol–water partition coefficient (Wildman–Crippen LogP) is 4.48. The van der Waals surface area contributed by atoms with Crippen molar-refractivity contribution in [3.63, 3.8) is 0 Å². The molecule has 0 aliphatic heterocycles. The zero-order valence-electron chi connectivity index (χ0n) is 15.4. The van der Waals surface area contributed by atoms with Crippen molar-refractivity contribution in [3.05, 3.63) is 40.8 Å². The number of rotatable bonds is 6. The number of nitrogens with one attached hydrogen (secondary N) is 1. The van der Waals surface area contributed by atoms with Gasteiger partial charge in [0, 0.05) is 5.75 Å². The summed E-state index contributed by atoms with van der Waals surface area (Å²) in [5.41, 5.74) is -0.856. The Morgan fingerprint density at radius 3 is 2.26 bits per heavy atom. The van der Waals surface area contributed by atoms with E-state index in [1.807, 2.05) is 0 Å². The molecule has 1 aromatic carbocycles. The molecular weight excluding hydrogens is 383 g/mol. The smallest absolute Gasteiger partial charge is 0.416 e. The van der Waals surface area contributed by atoms with E-state index in [4.69, 9.17) is 4.74 Å². The molecule has 27 heavy (non-hydrogen) atoms. The van der Waals surface area contributed by atoms with Crippen molar-refractivity contribution in [2.24, 2.45) is 0 Å². The second-order valence-corrected chi connectivity index (χ2v) is 7.42. The first-order valence-electron chi connectivity index (χ1n) is 7.95. The number of hydrogen-bond donors (Lipinski definition) is 1. The topological polar surface area (TPSA) is 64.6 Å². The van der Waals surface area contributed by atoms with Gasteiger partial charge in [-0.15, -0.1) is 11.8 Å². The molecule has 0 aromatic heterocycles. The molecule has 0 radical (unpaired) electrons. The van der Waals surface area contributed by atoms with E-state index < -0.39 is 35.4 Å². The quantitative estimate of drug-likeness (QED) is 0.707. The van der Waals surface area contributed by atoms with Gasteiger partial charge in [-0.3, -0.25) is 0 Å². The molecule has 0 heterocycles. The minimum Gasteiger partial charge on any atom is -0.467 e. The fourth-order valence-electron chi connectivity index (χ4n) is 1.82. The highest BCUT2D eigenvalue weighted by molar-refractivity contribution is 8.02. The summed E-state index contributed by atoms with van der Waals surface area (Å²) in [6.07, 6.45) is -3.52. The Hall–Kier alpha value is -2.16. The minimum absolute atomic E-state index is 0.170. The highest BCUT2D eigenvalue weighted by Gasteiger charge is 2.29. The zero-order valence-corrected chi connectivity index (χ0v) is 16.2. The molecular formula is C18H22F3NO4S. The average molecular weight is 405 g/mol. The van der Waals surface area contributed by atoms with E-state index in [9.17, 15) is 22.8 Å². The van der Waals surface area contributed by atoms with Crippen LogP contribution < -0.4 is 5.32 Å². The second kappa shape index (κ2) is 9.68. The van der Waals surface area contributed by atoms with Gasteiger partial charge in [-0.2, -0.15) is 13.2 Å². The average Bonchev–Trinajstić information content (AvgIpc) is 2.54. The van der Waals surface area contributed by atoms with Crippen LogP contribution in [0.1, 0.15) is 31.9 Å².